The molecule has 5 nitrogen and oxygen atoms in total. The van der Waals surface area contributed by atoms with Crippen molar-refractivity contribution in [1.29, 1.82) is 0 Å². The molecule has 1 aliphatic rings. The van der Waals surface area contributed by atoms with E-state index in [4.69, 9.17) is 9.47 Å². The molecule has 2 rings (SSSR count). The third-order valence-electron chi connectivity index (χ3n) is 3.95. The molecular weight excluding hydrogens is 280 g/mol. The third-order valence-corrected chi connectivity index (χ3v) is 5.61. The van der Waals surface area contributed by atoms with E-state index >= 15 is 0 Å². The fraction of sp³-hybridized carbons (Fsp3) is 0.571. The second-order valence-electron chi connectivity index (χ2n) is 5.20. The highest BCUT2D eigenvalue weighted by Gasteiger charge is 2.49. The van der Waals surface area contributed by atoms with Crippen LogP contribution in [0.1, 0.15) is 24.8 Å². The van der Waals surface area contributed by atoms with Crippen LogP contribution >= 0.6 is 0 Å². The van der Waals surface area contributed by atoms with Crippen molar-refractivity contribution in [2.75, 3.05) is 20.5 Å². The summed E-state index contributed by atoms with van der Waals surface area (Å²) in [5, 5.41) is 10.2. The first-order valence-electron chi connectivity index (χ1n) is 6.46. The third kappa shape index (κ3) is 2.50. The van der Waals surface area contributed by atoms with Gasteiger partial charge >= 0.3 is 0 Å². The molecule has 1 aromatic rings. The maximum absolute atomic E-state index is 11.9. The van der Waals surface area contributed by atoms with E-state index < -0.39 is 20.7 Å². The lowest BCUT2D eigenvalue weighted by Crippen LogP contribution is -2.40. The Labute approximate surface area is 119 Å². The van der Waals surface area contributed by atoms with Crippen LogP contribution in [0.5, 0.6) is 11.5 Å². The molecule has 0 saturated heterocycles. The van der Waals surface area contributed by atoms with Gasteiger partial charge < -0.3 is 14.6 Å². The zero-order valence-corrected chi connectivity index (χ0v) is 12.7. The van der Waals surface area contributed by atoms with Crippen LogP contribution in [-0.2, 0) is 15.4 Å². The molecule has 1 aliphatic carbocycles. The highest BCUT2D eigenvalue weighted by molar-refractivity contribution is 7.91. The number of aliphatic hydroxyl groups is 1. The first kappa shape index (κ1) is 15.1. The van der Waals surface area contributed by atoms with E-state index in [-0.39, 0.29) is 0 Å². The van der Waals surface area contributed by atoms with Gasteiger partial charge in [-0.2, -0.15) is 0 Å². The van der Waals surface area contributed by atoms with Crippen molar-refractivity contribution in [1.82, 2.24) is 0 Å². The van der Waals surface area contributed by atoms with Gasteiger partial charge in [0.15, 0.2) is 9.84 Å². The normalized spacial score (nSPS) is 26.5. The molecule has 112 valence electrons. The molecule has 0 spiro atoms. The van der Waals surface area contributed by atoms with Gasteiger partial charge in [-0.1, -0.05) is 0 Å². The van der Waals surface area contributed by atoms with Gasteiger partial charge in [-0.3, -0.25) is 0 Å². The Hall–Kier alpha value is -1.27. The van der Waals surface area contributed by atoms with Crippen molar-refractivity contribution in [3.63, 3.8) is 0 Å². The number of benzene rings is 1. The maximum Gasteiger partial charge on any atom is 0.153 e. The minimum Gasteiger partial charge on any atom is -0.497 e. The fourth-order valence-electron chi connectivity index (χ4n) is 2.99. The Bertz CT molecular complexity index is 596. The van der Waals surface area contributed by atoms with Crippen LogP contribution in [0.25, 0.3) is 0 Å². The van der Waals surface area contributed by atoms with Crippen LogP contribution in [0, 0.1) is 0 Å². The number of sulfone groups is 1. The second kappa shape index (κ2) is 5.26. The zero-order chi connectivity index (χ0) is 15.0. The van der Waals surface area contributed by atoms with Crippen molar-refractivity contribution >= 4 is 9.84 Å². The van der Waals surface area contributed by atoms with Crippen LogP contribution in [-0.4, -0.2) is 39.2 Å². The Morgan fingerprint density at radius 2 is 2.00 bits per heavy atom. The summed E-state index contributed by atoms with van der Waals surface area (Å²) < 4.78 is 34.3. The lowest BCUT2D eigenvalue weighted by Gasteiger charge is -2.31. The Morgan fingerprint density at radius 1 is 1.30 bits per heavy atom. The van der Waals surface area contributed by atoms with Crippen LogP contribution < -0.4 is 9.47 Å². The first-order chi connectivity index (χ1) is 9.32. The fourth-order valence-corrected chi connectivity index (χ4v) is 4.53. The zero-order valence-electron chi connectivity index (χ0n) is 11.9. The summed E-state index contributed by atoms with van der Waals surface area (Å²) in [5.41, 5.74) is -0.944. The number of methoxy groups -OCH3 is 2. The van der Waals surface area contributed by atoms with Crippen molar-refractivity contribution in [3.05, 3.63) is 23.8 Å². The van der Waals surface area contributed by atoms with E-state index in [9.17, 15) is 13.5 Å². The molecule has 0 aliphatic heterocycles. The molecule has 0 aromatic heterocycles. The lowest BCUT2D eigenvalue weighted by molar-refractivity contribution is 0.0449. The maximum atomic E-state index is 11.9. The Kier molecular flexibility index (Phi) is 3.97. The number of hydrogen-bond donors (Lipinski definition) is 1. The topological polar surface area (TPSA) is 72.8 Å². The molecule has 1 N–H and O–H groups in total. The molecule has 0 amide bonds. The molecular formula is C14H20O5S. The minimum absolute atomic E-state index is 0.397. The van der Waals surface area contributed by atoms with Gasteiger partial charge in [-0.05, 0) is 37.5 Å². The molecule has 20 heavy (non-hydrogen) atoms. The quantitative estimate of drug-likeness (QED) is 0.912. The summed E-state index contributed by atoms with van der Waals surface area (Å²) in [6, 6.07) is 5.06. The van der Waals surface area contributed by atoms with Crippen molar-refractivity contribution < 1.29 is 23.0 Å². The van der Waals surface area contributed by atoms with E-state index in [1.165, 1.54) is 20.5 Å². The van der Waals surface area contributed by atoms with Gasteiger partial charge in [0.25, 0.3) is 0 Å². The number of rotatable bonds is 4. The molecule has 0 bridgehead atoms. The Balaban J connectivity index is 2.58. The molecule has 1 fully saturated rings. The summed E-state index contributed by atoms with van der Waals surface area (Å²) in [6.45, 7) is 0. The second-order valence-corrected chi connectivity index (χ2v) is 7.43. The molecule has 2 unspecified atom stereocenters. The van der Waals surface area contributed by atoms with E-state index in [1.54, 1.807) is 18.2 Å². The predicted molar refractivity (Wildman–Crippen MR) is 75.9 cm³/mol. The molecule has 1 aromatic carbocycles. The van der Waals surface area contributed by atoms with Crippen molar-refractivity contribution in [2.24, 2.45) is 0 Å². The van der Waals surface area contributed by atoms with Gasteiger partial charge in [-0.15, -0.1) is 0 Å². The molecule has 0 radical (unpaired) electrons. The largest absolute Gasteiger partial charge is 0.497 e. The van der Waals surface area contributed by atoms with E-state index in [0.717, 1.165) is 0 Å². The summed E-state index contributed by atoms with van der Waals surface area (Å²) in [5.74, 6) is 1.04. The highest BCUT2D eigenvalue weighted by Crippen LogP contribution is 2.46. The average molecular weight is 300 g/mol. The minimum atomic E-state index is -3.35. The summed E-state index contributed by atoms with van der Waals surface area (Å²) >= 11 is 0. The summed E-state index contributed by atoms with van der Waals surface area (Å²) in [7, 11) is -0.324. The van der Waals surface area contributed by atoms with Gasteiger partial charge in [0, 0.05) is 11.8 Å². The van der Waals surface area contributed by atoms with Gasteiger partial charge in [0.05, 0.1) is 19.5 Å². The van der Waals surface area contributed by atoms with E-state index in [2.05, 4.69) is 0 Å². The monoisotopic (exact) mass is 300 g/mol. The SMILES string of the molecule is COc1ccc(OC)c(C2(O)CCCC2S(C)(=O)=O)c1. The predicted octanol–water partition coefficient (Wildman–Crippen LogP) is 1.49. The average Bonchev–Trinajstić information content (AvgIpc) is 2.81. The molecule has 1 saturated carbocycles. The molecule has 2 atom stereocenters. The first-order valence-corrected chi connectivity index (χ1v) is 8.42. The van der Waals surface area contributed by atoms with Crippen LogP contribution in [0.15, 0.2) is 18.2 Å². The van der Waals surface area contributed by atoms with Gasteiger partial charge in [0.1, 0.15) is 17.1 Å². The van der Waals surface area contributed by atoms with Gasteiger partial charge in [0.2, 0.25) is 0 Å². The van der Waals surface area contributed by atoms with E-state index in [0.29, 0.717) is 36.3 Å². The lowest BCUT2D eigenvalue weighted by atomic mass is 9.91. The summed E-state index contributed by atoms with van der Waals surface area (Å²) in [4.78, 5) is 0. The van der Waals surface area contributed by atoms with Gasteiger partial charge in [-0.25, -0.2) is 8.42 Å². The van der Waals surface area contributed by atoms with Crippen LogP contribution in [0.2, 0.25) is 0 Å². The van der Waals surface area contributed by atoms with Crippen LogP contribution in [0.4, 0.5) is 0 Å². The molecule has 0 heterocycles. The number of hydrogen-bond acceptors (Lipinski definition) is 5. The Morgan fingerprint density at radius 3 is 2.55 bits per heavy atom. The van der Waals surface area contributed by atoms with Crippen molar-refractivity contribution in [3.8, 4) is 11.5 Å². The summed E-state index contributed by atoms with van der Waals surface area (Å²) in [6.07, 6.45) is 2.68. The highest BCUT2D eigenvalue weighted by atomic mass is 32.2. The van der Waals surface area contributed by atoms with Crippen molar-refractivity contribution in [2.45, 2.75) is 30.1 Å². The molecule has 6 heteroatoms. The standard InChI is InChI=1S/C14H20O5S/c1-18-10-6-7-12(19-2)11(9-10)14(15)8-4-5-13(14)20(3,16)17/h6-7,9,13,15H,4-5,8H2,1-3H3. The smallest absolute Gasteiger partial charge is 0.153 e. The van der Waals surface area contributed by atoms with Crippen LogP contribution in [0.3, 0.4) is 0 Å². The van der Waals surface area contributed by atoms with E-state index in [1.807, 2.05) is 0 Å². The number of ether oxygens (including phenoxy) is 2.